The summed E-state index contributed by atoms with van der Waals surface area (Å²) in [5, 5.41) is 7.17. The Morgan fingerprint density at radius 3 is 2.75 bits per heavy atom. The minimum Gasteiger partial charge on any atom is -0.354 e. The number of nitrogens with one attached hydrogen (secondary N) is 1. The molecular formula is C12H20N8. The summed E-state index contributed by atoms with van der Waals surface area (Å²) >= 11 is 0. The van der Waals surface area contributed by atoms with Crippen molar-refractivity contribution < 1.29 is 0 Å². The minimum atomic E-state index is 0.465. The highest BCUT2D eigenvalue weighted by Crippen LogP contribution is 2.12. The smallest absolute Gasteiger partial charge is 0.258 e. The zero-order valence-corrected chi connectivity index (χ0v) is 12.1. The van der Waals surface area contributed by atoms with Crippen LogP contribution in [0.1, 0.15) is 26.7 Å². The number of hydrogen-bond donors (Lipinski definition) is 1. The highest BCUT2D eigenvalue weighted by Gasteiger charge is 2.11. The molecule has 2 aromatic heterocycles. The van der Waals surface area contributed by atoms with Crippen LogP contribution < -0.4 is 10.2 Å². The van der Waals surface area contributed by atoms with Crippen molar-refractivity contribution in [2.75, 3.05) is 30.4 Å². The van der Waals surface area contributed by atoms with E-state index in [1.165, 1.54) is 11.0 Å². The Hall–Kier alpha value is -2.25. The highest BCUT2D eigenvalue weighted by molar-refractivity contribution is 5.39. The van der Waals surface area contributed by atoms with Crippen molar-refractivity contribution >= 4 is 11.9 Å². The van der Waals surface area contributed by atoms with Crippen LogP contribution in [0.2, 0.25) is 0 Å². The second-order valence-electron chi connectivity index (χ2n) is 4.40. The molecule has 108 valence electrons. The van der Waals surface area contributed by atoms with Crippen LogP contribution in [-0.4, -0.2) is 49.9 Å². The lowest BCUT2D eigenvalue weighted by atomic mass is 10.3. The number of anilines is 2. The molecule has 2 aromatic rings. The van der Waals surface area contributed by atoms with E-state index in [0.717, 1.165) is 25.9 Å². The van der Waals surface area contributed by atoms with Gasteiger partial charge in [0.15, 0.2) is 0 Å². The minimum absolute atomic E-state index is 0.465. The van der Waals surface area contributed by atoms with E-state index in [2.05, 4.69) is 37.3 Å². The summed E-state index contributed by atoms with van der Waals surface area (Å²) in [4.78, 5) is 19.1. The van der Waals surface area contributed by atoms with Gasteiger partial charge in [-0.1, -0.05) is 13.3 Å². The van der Waals surface area contributed by atoms with Crippen molar-refractivity contribution in [2.45, 2.75) is 26.7 Å². The Morgan fingerprint density at radius 1 is 1.25 bits per heavy atom. The molecule has 0 aliphatic rings. The maximum Gasteiger partial charge on any atom is 0.258 e. The number of aromatic nitrogens is 6. The van der Waals surface area contributed by atoms with Gasteiger partial charge in [-0.05, 0) is 13.3 Å². The van der Waals surface area contributed by atoms with Crippen molar-refractivity contribution in [3.05, 3.63) is 12.7 Å². The summed E-state index contributed by atoms with van der Waals surface area (Å²) in [6, 6.07) is 0. The lowest BCUT2D eigenvalue weighted by Crippen LogP contribution is -2.23. The molecule has 0 atom stereocenters. The second-order valence-corrected chi connectivity index (χ2v) is 4.40. The van der Waals surface area contributed by atoms with Gasteiger partial charge in [-0.2, -0.15) is 24.7 Å². The predicted octanol–water partition coefficient (Wildman–Crippen LogP) is 1.12. The summed E-state index contributed by atoms with van der Waals surface area (Å²) in [6.45, 7) is 5.81. The van der Waals surface area contributed by atoms with Crippen LogP contribution in [0.3, 0.4) is 0 Å². The van der Waals surface area contributed by atoms with E-state index in [9.17, 15) is 0 Å². The van der Waals surface area contributed by atoms with Gasteiger partial charge in [-0.3, -0.25) is 0 Å². The first kappa shape index (κ1) is 14.2. The van der Waals surface area contributed by atoms with Gasteiger partial charge >= 0.3 is 0 Å². The van der Waals surface area contributed by atoms with Crippen LogP contribution in [0.15, 0.2) is 12.7 Å². The Balaban J connectivity index is 2.31. The molecule has 0 spiro atoms. The molecule has 0 aliphatic heterocycles. The molecule has 8 heteroatoms. The number of nitrogens with zero attached hydrogens (tertiary/aromatic N) is 7. The molecule has 2 heterocycles. The molecule has 0 bridgehead atoms. The van der Waals surface area contributed by atoms with E-state index in [1.807, 2.05) is 18.9 Å². The molecule has 20 heavy (non-hydrogen) atoms. The Kier molecular flexibility index (Phi) is 4.80. The van der Waals surface area contributed by atoms with Crippen LogP contribution >= 0.6 is 0 Å². The van der Waals surface area contributed by atoms with Gasteiger partial charge in [0, 0.05) is 20.1 Å². The van der Waals surface area contributed by atoms with E-state index in [-0.39, 0.29) is 0 Å². The molecular weight excluding hydrogens is 256 g/mol. The third kappa shape index (κ3) is 3.40. The van der Waals surface area contributed by atoms with Crippen LogP contribution in [0, 0.1) is 0 Å². The fraction of sp³-hybridized carbons (Fsp3) is 0.583. The van der Waals surface area contributed by atoms with Crippen LogP contribution in [0.5, 0.6) is 0 Å². The Bertz CT molecular complexity index is 524. The molecule has 0 radical (unpaired) electrons. The monoisotopic (exact) mass is 276 g/mol. The third-order valence-electron chi connectivity index (χ3n) is 2.76. The molecule has 2 rings (SSSR count). The van der Waals surface area contributed by atoms with Gasteiger partial charge in [0.2, 0.25) is 11.9 Å². The Labute approximate surface area is 118 Å². The van der Waals surface area contributed by atoms with E-state index >= 15 is 0 Å². The molecule has 1 N–H and O–H groups in total. The summed E-state index contributed by atoms with van der Waals surface area (Å²) in [6.07, 6.45) is 5.25. The zero-order valence-electron chi connectivity index (χ0n) is 12.1. The van der Waals surface area contributed by atoms with Gasteiger partial charge in [-0.25, -0.2) is 4.98 Å². The average Bonchev–Trinajstić information content (AvgIpc) is 2.99. The largest absolute Gasteiger partial charge is 0.354 e. The topological polar surface area (TPSA) is 84.7 Å². The van der Waals surface area contributed by atoms with E-state index < -0.39 is 0 Å². The summed E-state index contributed by atoms with van der Waals surface area (Å²) in [7, 11) is 1.98. The molecule has 0 fully saturated rings. The summed E-state index contributed by atoms with van der Waals surface area (Å²) in [5.41, 5.74) is 0. The van der Waals surface area contributed by atoms with Crippen molar-refractivity contribution in [3.63, 3.8) is 0 Å². The fourth-order valence-electron chi connectivity index (χ4n) is 1.67. The van der Waals surface area contributed by atoms with Crippen molar-refractivity contribution in [1.29, 1.82) is 0 Å². The fourth-order valence-corrected chi connectivity index (χ4v) is 1.67. The molecule has 0 aliphatic carbocycles. The maximum atomic E-state index is 4.44. The lowest BCUT2D eigenvalue weighted by Gasteiger charge is -2.17. The second kappa shape index (κ2) is 6.78. The van der Waals surface area contributed by atoms with Gasteiger partial charge in [-0.15, -0.1) is 0 Å². The van der Waals surface area contributed by atoms with Crippen LogP contribution in [-0.2, 0) is 0 Å². The van der Waals surface area contributed by atoms with Gasteiger partial charge in [0.1, 0.15) is 12.7 Å². The summed E-state index contributed by atoms with van der Waals surface area (Å²) in [5.74, 6) is 1.65. The molecule has 8 nitrogen and oxygen atoms in total. The van der Waals surface area contributed by atoms with Crippen molar-refractivity contribution in [2.24, 2.45) is 0 Å². The quantitative estimate of drug-likeness (QED) is 0.811. The van der Waals surface area contributed by atoms with E-state index in [1.54, 1.807) is 6.33 Å². The number of unbranched alkanes of at least 4 members (excludes halogenated alkanes) is 1. The normalized spacial score (nSPS) is 10.6. The van der Waals surface area contributed by atoms with Gasteiger partial charge in [0.05, 0.1) is 0 Å². The SMILES string of the molecule is CCCCN(C)c1nc(NCC)nc(-n2cncn2)n1. The van der Waals surface area contributed by atoms with Gasteiger partial charge in [0.25, 0.3) is 5.95 Å². The average molecular weight is 276 g/mol. The van der Waals surface area contributed by atoms with Gasteiger partial charge < -0.3 is 10.2 Å². The van der Waals surface area contributed by atoms with Crippen molar-refractivity contribution in [3.8, 4) is 5.95 Å². The lowest BCUT2D eigenvalue weighted by molar-refractivity contribution is 0.732. The number of hydrogen-bond acceptors (Lipinski definition) is 7. The first-order valence-electron chi connectivity index (χ1n) is 6.80. The summed E-state index contributed by atoms with van der Waals surface area (Å²) < 4.78 is 1.53. The van der Waals surface area contributed by atoms with Crippen LogP contribution in [0.25, 0.3) is 5.95 Å². The zero-order chi connectivity index (χ0) is 14.4. The van der Waals surface area contributed by atoms with Crippen LogP contribution in [0.4, 0.5) is 11.9 Å². The Morgan fingerprint density at radius 2 is 2.10 bits per heavy atom. The molecule has 0 amide bonds. The molecule has 0 unspecified atom stereocenters. The highest BCUT2D eigenvalue weighted by atomic mass is 15.4. The first-order chi connectivity index (χ1) is 9.74. The first-order valence-corrected chi connectivity index (χ1v) is 6.80. The molecule has 0 aromatic carbocycles. The maximum absolute atomic E-state index is 4.44. The predicted molar refractivity (Wildman–Crippen MR) is 77.1 cm³/mol. The van der Waals surface area contributed by atoms with Crippen molar-refractivity contribution in [1.82, 2.24) is 29.7 Å². The number of rotatable bonds is 7. The standard InChI is InChI=1S/C12H20N8/c1-4-6-7-19(3)11-16-10(14-5-2)17-12(18-11)20-9-13-8-15-20/h8-9H,4-7H2,1-3H3,(H,14,16,17,18). The van der Waals surface area contributed by atoms with E-state index in [0.29, 0.717) is 17.8 Å². The molecule has 0 saturated heterocycles. The van der Waals surface area contributed by atoms with E-state index in [4.69, 9.17) is 0 Å². The third-order valence-corrected chi connectivity index (χ3v) is 2.76. The molecule has 0 saturated carbocycles.